The predicted octanol–water partition coefficient (Wildman–Crippen LogP) is 0.551. The van der Waals surface area contributed by atoms with Crippen molar-refractivity contribution >= 4 is 33.9 Å². The molecule has 0 saturated carbocycles. The minimum Gasteiger partial charge on any atom is -0.465 e. The van der Waals surface area contributed by atoms with Crippen LogP contribution in [0.4, 0.5) is 10.7 Å². The van der Waals surface area contributed by atoms with E-state index in [0.29, 0.717) is 11.5 Å². The first kappa shape index (κ1) is 13.9. The number of aromatic amines is 1. The second-order valence-corrected chi connectivity index (χ2v) is 4.89. The van der Waals surface area contributed by atoms with Gasteiger partial charge in [-0.15, -0.1) is 11.3 Å². The number of thiophene rings is 1. The van der Waals surface area contributed by atoms with E-state index in [2.05, 4.69) is 20.3 Å². The number of carbonyl (C=O) groups is 2. The first-order valence-electron chi connectivity index (χ1n) is 5.56. The van der Waals surface area contributed by atoms with Gasteiger partial charge in [0.1, 0.15) is 15.4 Å². The molecule has 2 aromatic heterocycles. The van der Waals surface area contributed by atoms with Gasteiger partial charge in [0.2, 0.25) is 0 Å². The Morgan fingerprint density at radius 1 is 1.55 bits per heavy atom. The maximum atomic E-state index is 11.7. The number of hydrogen-bond donors (Lipinski definition) is 4. The molecule has 0 aliphatic heterocycles. The molecule has 2 heterocycles. The van der Waals surface area contributed by atoms with Crippen LogP contribution < -0.4 is 16.8 Å². The van der Waals surface area contributed by atoms with E-state index in [1.807, 2.05) is 0 Å². The Morgan fingerprint density at radius 2 is 2.30 bits per heavy atom. The number of ether oxygens (including phenoxy) is 1. The quantitative estimate of drug-likeness (QED) is 0.595. The molecule has 0 spiro atoms. The van der Waals surface area contributed by atoms with Crippen molar-refractivity contribution in [3.8, 4) is 0 Å². The van der Waals surface area contributed by atoms with Crippen molar-refractivity contribution in [1.29, 1.82) is 0 Å². The largest absolute Gasteiger partial charge is 0.465 e. The zero-order valence-corrected chi connectivity index (χ0v) is 11.4. The Bertz CT molecular complexity index is 635. The molecular formula is C11H13N5O3S. The van der Waals surface area contributed by atoms with Gasteiger partial charge in [-0.25, -0.2) is 4.79 Å². The number of carbonyl (C=O) groups excluding carboxylic acids is 2. The third-order valence-electron chi connectivity index (χ3n) is 2.57. The summed E-state index contributed by atoms with van der Waals surface area (Å²) in [6.07, 6.45) is 3.34. The molecule has 0 atom stereocenters. The number of nitrogens with zero attached hydrogens (tertiary/aromatic N) is 1. The Labute approximate surface area is 118 Å². The topological polar surface area (TPSA) is 136 Å². The molecule has 8 nitrogen and oxygen atoms in total. The van der Waals surface area contributed by atoms with Crippen LogP contribution in [0, 0.1) is 0 Å². The number of hydrogen-bond acceptors (Lipinski definition) is 7. The van der Waals surface area contributed by atoms with Crippen molar-refractivity contribution in [1.82, 2.24) is 10.2 Å². The van der Waals surface area contributed by atoms with Gasteiger partial charge in [-0.3, -0.25) is 9.89 Å². The summed E-state index contributed by atoms with van der Waals surface area (Å²) in [6.45, 7) is 0.415. The van der Waals surface area contributed by atoms with Crippen LogP contribution >= 0.6 is 11.3 Å². The lowest BCUT2D eigenvalue weighted by Crippen LogP contribution is -2.12. The molecule has 0 unspecified atom stereocenters. The molecule has 106 valence electrons. The highest BCUT2D eigenvalue weighted by Gasteiger charge is 2.25. The average molecular weight is 295 g/mol. The van der Waals surface area contributed by atoms with E-state index >= 15 is 0 Å². The van der Waals surface area contributed by atoms with Gasteiger partial charge in [0.05, 0.1) is 19.0 Å². The number of H-pyrrole nitrogens is 1. The third kappa shape index (κ3) is 2.57. The first-order valence-corrected chi connectivity index (χ1v) is 6.38. The molecule has 6 N–H and O–H groups in total. The van der Waals surface area contributed by atoms with Gasteiger partial charge in [-0.1, -0.05) is 0 Å². The van der Waals surface area contributed by atoms with E-state index in [-0.39, 0.29) is 16.1 Å². The van der Waals surface area contributed by atoms with Gasteiger partial charge in [-0.2, -0.15) is 5.10 Å². The molecule has 20 heavy (non-hydrogen) atoms. The maximum absolute atomic E-state index is 11.7. The summed E-state index contributed by atoms with van der Waals surface area (Å²) in [6, 6.07) is 0. The summed E-state index contributed by atoms with van der Waals surface area (Å²) in [7, 11) is 1.24. The van der Waals surface area contributed by atoms with Gasteiger partial charge in [-0.05, 0) is 0 Å². The average Bonchev–Trinajstić information content (AvgIpc) is 3.03. The van der Waals surface area contributed by atoms with Crippen molar-refractivity contribution < 1.29 is 14.3 Å². The minimum atomic E-state index is -0.686. The normalized spacial score (nSPS) is 10.2. The van der Waals surface area contributed by atoms with E-state index in [4.69, 9.17) is 11.5 Å². The summed E-state index contributed by atoms with van der Waals surface area (Å²) in [5.41, 5.74) is 12.0. The second-order valence-electron chi connectivity index (χ2n) is 3.86. The molecule has 0 aromatic carbocycles. The number of anilines is 2. The van der Waals surface area contributed by atoms with Gasteiger partial charge < -0.3 is 21.5 Å². The standard InChI is InChI=1S/C11H13N5O3S/c1-19-11(18)6-7(12)8(9(13)17)20-10(6)14-2-5-3-15-16-4-5/h3-4,14H,2,12H2,1H3,(H2,13,17)(H,15,16). The van der Waals surface area contributed by atoms with Crippen LogP contribution in [0.5, 0.6) is 0 Å². The fourth-order valence-electron chi connectivity index (χ4n) is 1.61. The van der Waals surface area contributed by atoms with Crippen LogP contribution in [0.3, 0.4) is 0 Å². The molecule has 0 aliphatic rings. The van der Waals surface area contributed by atoms with E-state index in [1.165, 1.54) is 7.11 Å². The highest BCUT2D eigenvalue weighted by atomic mass is 32.1. The Hall–Kier alpha value is -2.55. The Kier molecular flexibility index (Phi) is 3.89. The number of nitrogen functional groups attached to an aromatic ring is 1. The number of nitrogens with two attached hydrogens (primary N) is 2. The highest BCUT2D eigenvalue weighted by Crippen LogP contribution is 2.36. The van der Waals surface area contributed by atoms with Gasteiger partial charge in [0, 0.05) is 18.3 Å². The SMILES string of the molecule is COC(=O)c1c(NCc2cn[nH]c2)sc(C(N)=O)c1N. The monoisotopic (exact) mass is 295 g/mol. The van der Waals surface area contributed by atoms with Gasteiger partial charge >= 0.3 is 5.97 Å². The fourth-order valence-corrected chi connectivity index (χ4v) is 2.57. The molecule has 0 bridgehead atoms. The van der Waals surface area contributed by atoms with Crippen LogP contribution in [0.1, 0.15) is 25.6 Å². The smallest absolute Gasteiger partial charge is 0.343 e. The number of methoxy groups -OCH3 is 1. The Morgan fingerprint density at radius 3 is 2.85 bits per heavy atom. The van der Waals surface area contributed by atoms with E-state index in [0.717, 1.165) is 16.9 Å². The first-order chi connectivity index (χ1) is 9.54. The lowest BCUT2D eigenvalue weighted by molar-refractivity contribution is 0.0603. The van der Waals surface area contributed by atoms with Gasteiger partial charge in [0.15, 0.2) is 0 Å². The van der Waals surface area contributed by atoms with Crippen molar-refractivity contribution in [3.05, 3.63) is 28.4 Å². The molecule has 9 heteroatoms. The molecule has 0 radical (unpaired) electrons. The van der Waals surface area contributed by atoms with Crippen LogP contribution in [0.25, 0.3) is 0 Å². The lowest BCUT2D eigenvalue weighted by atomic mass is 10.2. The third-order valence-corrected chi connectivity index (χ3v) is 3.74. The second kappa shape index (κ2) is 5.61. The van der Waals surface area contributed by atoms with Crippen LogP contribution in [0.15, 0.2) is 12.4 Å². The van der Waals surface area contributed by atoms with E-state index < -0.39 is 11.9 Å². The van der Waals surface area contributed by atoms with Crippen LogP contribution in [-0.4, -0.2) is 29.2 Å². The number of nitrogens with one attached hydrogen (secondary N) is 2. The molecule has 2 rings (SSSR count). The number of primary amides is 1. The van der Waals surface area contributed by atoms with Crippen LogP contribution in [-0.2, 0) is 11.3 Å². The molecular weight excluding hydrogens is 282 g/mol. The van der Waals surface area contributed by atoms with Crippen molar-refractivity contribution in [3.63, 3.8) is 0 Å². The molecule has 1 amide bonds. The Balaban J connectivity index is 2.32. The zero-order valence-electron chi connectivity index (χ0n) is 10.6. The summed E-state index contributed by atoms with van der Waals surface area (Å²) in [5, 5.41) is 9.93. The van der Waals surface area contributed by atoms with E-state index in [1.54, 1.807) is 12.4 Å². The minimum absolute atomic E-state index is 0.0315. The van der Waals surface area contributed by atoms with Crippen molar-refractivity contribution in [2.24, 2.45) is 5.73 Å². The molecule has 2 aromatic rings. The summed E-state index contributed by atoms with van der Waals surface area (Å²) < 4.78 is 4.66. The molecule has 0 saturated heterocycles. The van der Waals surface area contributed by atoms with Crippen LogP contribution in [0.2, 0.25) is 0 Å². The molecule has 0 aliphatic carbocycles. The van der Waals surface area contributed by atoms with Crippen molar-refractivity contribution in [2.45, 2.75) is 6.54 Å². The highest BCUT2D eigenvalue weighted by molar-refractivity contribution is 7.19. The zero-order chi connectivity index (χ0) is 14.7. The predicted molar refractivity (Wildman–Crippen MR) is 74.5 cm³/mol. The summed E-state index contributed by atoms with van der Waals surface area (Å²) in [5.74, 6) is -1.31. The fraction of sp³-hybridized carbons (Fsp3) is 0.182. The lowest BCUT2D eigenvalue weighted by Gasteiger charge is -2.05. The number of rotatable bonds is 5. The van der Waals surface area contributed by atoms with E-state index in [9.17, 15) is 9.59 Å². The number of amides is 1. The van der Waals surface area contributed by atoms with Gasteiger partial charge in [0.25, 0.3) is 5.91 Å². The number of aromatic nitrogens is 2. The molecule has 0 fully saturated rings. The summed E-state index contributed by atoms with van der Waals surface area (Å²) in [4.78, 5) is 23.2. The summed E-state index contributed by atoms with van der Waals surface area (Å²) >= 11 is 1.02. The maximum Gasteiger partial charge on any atom is 0.343 e. The number of esters is 1. The van der Waals surface area contributed by atoms with Crippen molar-refractivity contribution in [2.75, 3.05) is 18.2 Å².